The number of aliphatic hydroxyl groups is 1. The monoisotopic (exact) mass is 183 g/mol. The first-order valence-electron chi connectivity index (χ1n) is 5.58. The average Bonchev–Trinajstić information content (AvgIpc) is 2.14. The molecule has 0 aromatic heterocycles. The van der Waals surface area contributed by atoms with Crippen molar-refractivity contribution in [3.63, 3.8) is 0 Å². The van der Waals surface area contributed by atoms with Crippen molar-refractivity contribution in [1.82, 2.24) is 5.32 Å². The Balaban J connectivity index is 1.99. The van der Waals surface area contributed by atoms with E-state index in [1.165, 1.54) is 12.8 Å². The molecular formula is C11H21NO. The summed E-state index contributed by atoms with van der Waals surface area (Å²) in [5.74, 6) is 1.28. The van der Waals surface area contributed by atoms with E-state index in [1.807, 2.05) is 0 Å². The van der Waals surface area contributed by atoms with Crippen LogP contribution in [0.4, 0.5) is 0 Å². The van der Waals surface area contributed by atoms with Gasteiger partial charge in [0, 0.05) is 6.04 Å². The number of hydrogen-bond donors (Lipinski definition) is 2. The topological polar surface area (TPSA) is 32.3 Å². The second kappa shape index (κ2) is 3.25. The van der Waals surface area contributed by atoms with Crippen LogP contribution in [0.15, 0.2) is 0 Å². The van der Waals surface area contributed by atoms with Crippen LogP contribution in [-0.4, -0.2) is 23.3 Å². The highest BCUT2D eigenvalue weighted by Crippen LogP contribution is 2.43. The summed E-state index contributed by atoms with van der Waals surface area (Å²) < 4.78 is 0. The minimum atomic E-state index is -0.380. The summed E-state index contributed by atoms with van der Waals surface area (Å²) in [5.41, 5.74) is -0.380. The number of hydrogen-bond acceptors (Lipinski definition) is 2. The summed E-state index contributed by atoms with van der Waals surface area (Å²) in [5, 5.41) is 13.8. The molecule has 0 aromatic carbocycles. The quantitative estimate of drug-likeness (QED) is 0.646. The Morgan fingerprint density at radius 3 is 2.54 bits per heavy atom. The standard InChI is InChI=1S/C11H21NO/c1-8-4-6-12-10(7-8)11(13)5-3-9(11)2/h8-10,12-13H,3-7H2,1-2H3. The van der Waals surface area contributed by atoms with Gasteiger partial charge in [-0.1, -0.05) is 13.8 Å². The van der Waals surface area contributed by atoms with Crippen LogP contribution in [0.1, 0.15) is 39.5 Å². The molecule has 1 aliphatic carbocycles. The van der Waals surface area contributed by atoms with Crippen molar-refractivity contribution < 1.29 is 5.11 Å². The lowest BCUT2D eigenvalue weighted by Gasteiger charge is -2.51. The maximum atomic E-state index is 10.4. The molecule has 2 heteroatoms. The molecule has 4 atom stereocenters. The van der Waals surface area contributed by atoms with Crippen molar-refractivity contribution in [1.29, 1.82) is 0 Å². The Hall–Kier alpha value is -0.0800. The molecule has 1 saturated heterocycles. The van der Waals surface area contributed by atoms with Gasteiger partial charge >= 0.3 is 0 Å². The lowest BCUT2D eigenvalue weighted by Crippen LogP contribution is -2.62. The first-order valence-corrected chi connectivity index (χ1v) is 5.58. The molecule has 0 amide bonds. The SMILES string of the molecule is CC1CCNC(C2(O)CCC2C)C1. The molecule has 0 radical (unpaired) electrons. The zero-order valence-electron chi connectivity index (χ0n) is 8.71. The van der Waals surface area contributed by atoms with Crippen molar-refractivity contribution in [2.45, 2.75) is 51.2 Å². The van der Waals surface area contributed by atoms with Crippen molar-refractivity contribution in [2.24, 2.45) is 11.8 Å². The Kier molecular flexibility index (Phi) is 2.37. The van der Waals surface area contributed by atoms with E-state index in [0.717, 1.165) is 25.3 Å². The van der Waals surface area contributed by atoms with Crippen LogP contribution in [-0.2, 0) is 0 Å². The highest BCUT2D eigenvalue weighted by atomic mass is 16.3. The fraction of sp³-hybridized carbons (Fsp3) is 1.00. The van der Waals surface area contributed by atoms with E-state index in [1.54, 1.807) is 0 Å². The van der Waals surface area contributed by atoms with Gasteiger partial charge in [-0.25, -0.2) is 0 Å². The third kappa shape index (κ3) is 1.50. The largest absolute Gasteiger partial charge is 0.388 e. The van der Waals surface area contributed by atoms with Crippen LogP contribution in [0, 0.1) is 11.8 Å². The number of rotatable bonds is 1. The molecule has 76 valence electrons. The van der Waals surface area contributed by atoms with E-state index >= 15 is 0 Å². The lowest BCUT2D eigenvalue weighted by atomic mass is 9.64. The summed E-state index contributed by atoms with van der Waals surface area (Å²) >= 11 is 0. The molecule has 4 unspecified atom stereocenters. The fourth-order valence-electron chi connectivity index (χ4n) is 2.73. The van der Waals surface area contributed by atoms with E-state index in [2.05, 4.69) is 19.2 Å². The molecule has 2 fully saturated rings. The maximum Gasteiger partial charge on any atom is 0.0825 e. The number of piperidine rings is 1. The first kappa shape index (κ1) is 9.47. The van der Waals surface area contributed by atoms with Crippen LogP contribution in [0.2, 0.25) is 0 Å². The van der Waals surface area contributed by atoms with E-state index < -0.39 is 0 Å². The van der Waals surface area contributed by atoms with Crippen LogP contribution in [0.3, 0.4) is 0 Å². The summed E-state index contributed by atoms with van der Waals surface area (Å²) in [4.78, 5) is 0. The highest BCUT2D eigenvalue weighted by Gasteiger charge is 2.48. The lowest BCUT2D eigenvalue weighted by molar-refractivity contribution is -0.121. The van der Waals surface area contributed by atoms with Gasteiger partial charge < -0.3 is 10.4 Å². The van der Waals surface area contributed by atoms with Gasteiger partial charge in [0.25, 0.3) is 0 Å². The van der Waals surface area contributed by atoms with Gasteiger partial charge in [0.05, 0.1) is 5.60 Å². The van der Waals surface area contributed by atoms with Crippen molar-refractivity contribution in [3.8, 4) is 0 Å². The van der Waals surface area contributed by atoms with Gasteiger partial charge in [-0.2, -0.15) is 0 Å². The Morgan fingerprint density at radius 2 is 2.08 bits per heavy atom. The van der Waals surface area contributed by atoms with Crippen LogP contribution in [0.25, 0.3) is 0 Å². The summed E-state index contributed by atoms with van der Waals surface area (Å²) in [6, 6.07) is 0.361. The summed E-state index contributed by atoms with van der Waals surface area (Å²) in [7, 11) is 0. The summed E-state index contributed by atoms with van der Waals surface area (Å²) in [6.07, 6.45) is 4.61. The van der Waals surface area contributed by atoms with E-state index in [0.29, 0.717) is 12.0 Å². The van der Waals surface area contributed by atoms with Gasteiger partial charge in [0.1, 0.15) is 0 Å². The van der Waals surface area contributed by atoms with Crippen LogP contribution >= 0.6 is 0 Å². The molecule has 1 aliphatic heterocycles. The van der Waals surface area contributed by atoms with Crippen molar-refractivity contribution in [3.05, 3.63) is 0 Å². The van der Waals surface area contributed by atoms with Gasteiger partial charge in [0.15, 0.2) is 0 Å². The minimum Gasteiger partial charge on any atom is -0.388 e. The Morgan fingerprint density at radius 1 is 1.31 bits per heavy atom. The van der Waals surface area contributed by atoms with Gasteiger partial charge in [-0.15, -0.1) is 0 Å². The molecule has 2 nitrogen and oxygen atoms in total. The molecule has 0 bridgehead atoms. The third-order valence-corrected chi connectivity index (χ3v) is 4.10. The average molecular weight is 183 g/mol. The molecule has 1 saturated carbocycles. The predicted molar refractivity (Wildman–Crippen MR) is 53.5 cm³/mol. The Labute approximate surface area is 80.7 Å². The molecule has 2 aliphatic rings. The molecular weight excluding hydrogens is 162 g/mol. The van der Waals surface area contributed by atoms with E-state index in [4.69, 9.17) is 0 Å². The van der Waals surface area contributed by atoms with Gasteiger partial charge in [0.2, 0.25) is 0 Å². The fourth-order valence-corrected chi connectivity index (χ4v) is 2.73. The molecule has 0 aromatic rings. The molecule has 2 N–H and O–H groups in total. The second-order valence-electron chi connectivity index (χ2n) is 5.07. The number of nitrogens with one attached hydrogen (secondary N) is 1. The highest BCUT2D eigenvalue weighted by molar-refractivity contribution is 5.03. The van der Waals surface area contributed by atoms with E-state index in [-0.39, 0.29) is 5.60 Å². The van der Waals surface area contributed by atoms with E-state index in [9.17, 15) is 5.11 Å². The third-order valence-electron chi connectivity index (χ3n) is 4.10. The zero-order valence-corrected chi connectivity index (χ0v) is 8.71. The van der Waals surface area contributed by atoms with Crippen LogP contribution in [0.5, 0.6) is 0 Å². The first-order chi connectivity index (χ1) is 6.13. The van der Waals surface area contributed by atoms with Crippen molar-refractivity contribution >= 4 is 0 Å². The maximum absolute atomic E-state index is 10.4. The van der Waals surface area contributed by atoms with Crippen LogP contribution < -0.4 is 5.32 Å². The molecule has 2 rings (SSSR count). The van der Waals surface area contributed by atoms with Gasteiger partial charge in [-0.05, 0) is 44.1 Å². The van der Waals surface area contributed by atoms with Crippen molar-refractivity contribution in [2.75, 3.05) is 6.54 Å². The van der Waals surface area contributed by atoms with Gasteiger partial charge in [-0.3, -0.25) is 0 Å². The minimum absolute atomic E-state index is 0.361. The Bertz CT molecular complexity index is 195. The zero-order chi connectivity index (χ0) is 9.47. The smallest absolute Gasteiger partial charge is 0.0825 e. The predicted octanol–water partition coefficient (Wildman–Crippen LogP) is 1.54. The normalized spacial score (nSPS) is 51.5. The molecule has 1 heterocycles. The molecule has 13 heavy (non-hydrogen) atoms. The summed E-state index contributed by atoms with van der Waals surface area (Å²) in [6.45, 7) is 5.55. The second-order valence-corrected chi connectivity index (χ2v) is 5.07. The molecule has 0 spiro atoms.